The molecular formula is C83H136N30. The van der Waals surface area contributed by atoms with E-state index in [1.165, 1.54) is 34.2 Å². The molecule has 12 rings (SSSR count). The van der Waals surface area contributed by atoms with Crippen LogP contribution in [0, 0.1) is 0 Å². The Kier molecular flexibility index (Phi) is 37.2. The van der Waals surface area contributed by atoms with Gasteiger partial charge in [0.15, 0.2) is 0 Å². The van der Waals surface area contributed by atoms with Crippen molar-refractivity contribution >= 4 is 70.0 Å². The first kappa shape index (κ1) is 89.5. The molecule has 0 aromatic carbocycles. The minimum atomic E-state index is 0.161. The summed E-state index contributed by atoms with van der Waals surface area (Å²) in [5.74, 6) is 11.1. The Balaban J connectivity index is 0.000000188. The molecule has 9 unspecified atom stereocenters. The van der Waals surface area contributed by atoms with E-state index in [0.717, 1.165) is 150 Å². The lowest BCUT2D eigenvalue weighted by atomic mass is 10.2. The minimum absolute atomic E-state index is 0.161. The normalized spacial score (nSPS) is 22.4. The summed E-state index contributed by atoms with van der Waals surface area (Å²) >= 11 is 0. The fourth-order valence-electron chi connectivity index (χ4n) is 12.5. The maximum Gasteiger partial charge on any atom is 0.107 e. The van der Waals surface area contributed by atoms with Crippen LogP contribution in [-0.2, 0) is 38.5 Å². The van der Waals surface area contributed by atoms with Gasteiger partial charge < -0.3 is 92.9 Å². The van der Waals surface area contributed by atoms with Crippen molar-refractivity contribution < 1.29 is 0 Å². The molecule has 12 heterocycles. The highest BCUT2D eigenvalue weighted by atomic mass is 15.2. The van der Waals surface area contributed by atoms with E-state index >= 15 is 0 Å². The van der Waals surface area contributed by atoms with Gasteiger partial charge >= 0.3 is 0 Å². The Morgan fingerprint density at radius 1 is 0.327 bits per heavy atom. The molecule has 0 aliphatic carbocycles. The predicted molar refractivity (Wildman–Crippen MR) is 474 cm³/mol. The Hall–Kier alpha value is -10.7. The Morgan fingerprint density at radius 3 is 1.05 bits per heavy atom. The third-order valence-electron chi connectivity index (χ3n) is 20.1. The number of nitrogens with zero attached hydrogens (tertiary/aromatic N) is 18. The van der Waals surface area contributed by atoms with Gasteiger partial charge in [0.1, 0.15) is 70.0 Å². The molecule has 0 bridgehead atoms. The first-order chi connectivity index (χ1) is 54.1. The quantitative estimate of drug-likeness (QED) is 0.0390. The Bertz CT molecular complexity index is 4050. The van der Waals surface area contributed by atoms with Crippen LogP contribution in [0.5, 0.6) is 0 Å². The lowest BCUT2D eigenvalue weighted by Gasteiger charge is -2.23. The van der Waals surface area contributed by atoms with E-state index in [-0.39, 0.29) is 48.3 Å². The topological polar surface area (TPSA) is 391 Å². The first-order valence-electron chi connectivity index (χ1n) is 40.2. The van der Waals surface area contributed by atoms with E-state index < -0.39 is 0 Å². The van der Waals surface area contributed by atoms with Gasteiger partial charge in [0.25, 0.3) is 0 Å². The number of amidine groups is 12. The second kappa shape index (κ2) is 47.0. The molecule has 30 nitrogen and oxygen atoms in total. The number of aromatic nitrogens is 6. The average molecular weight is 1550 g/mol. The van der Waals surface area contributed by atoms with E-state index in [9.17, 15) is 0 Å². The van der Waals surface area contributed by atoms with Crippen molar-refractivity contribution in [3.8, 4) is 0 Å². The highest BCUT2D eigenvalue weighted by Gasteiger charge is 2.25. The molecule has 6 aromatic rings. The molecule has 16 N–H and O–H groups in total. The number of nitrogens with two attached hydrogens (primary N) is 4. The fourth-order valence-corrected chi connectivity index (χ4v) is 12.5. The van der Waals surface area contributed by atoms with Gasteiger partial charge in [-0.2, -0.15) is 0 Å². The van der Waals surface area contributed by atoms with Crippen LogP contribution in [0.2, 0.25) is 0 Å². The summed E-state index contributed by atoms with van der Waals surface area (Å²) < 4.78 is 0. The zero-order chi connectivity index (χ0) is 81.8. The second-order valence-electron chi connectivity index (χ2n) is 30.6. The van der Waals surface area contributed by atoms with E-state index in [4.69, 9.17) is 42.9 Å². The molecule has 6 aromatic heterocycles. The summed E-state index contributed by atoms with van der Waals surface area (Å²) in [4.78, 5) is 87.4. The van der Waals surface area contributed by atoms with Crippen molar-refractivity contribution in [1.82, 2.24) is 69.9 Å². The molecule has 0 amide bonds. The van der Waals surface area contributed by atoms with Crippen molar-refractivity contribution in [2.24, 2.45) is 82.8 Å². The third-order valence-corrected chi connectivity index (χ3v) is 20.1. The number of hydrogen-bond acceptors (Lipinski definition) is 22. The van der Waals surface area contributed by atoms with Gasteiger partial charge in [0, 0.05) is 218 Å². The number of nitrogens with one attached hydrogen (secondary N) is 8. The second-order valence-corrected chi connectivity index (χ2v) is 30.6. The van der Waals surface area contributed by atoms with Crippen LogP contribution in [0.15, 0.2) is 170 Å². The molecule has 6 aliphatic rings. The van der Waals surface area contributed by atoms with Gasteiger partial charge in [0.2, 0.25) is 0 Å². The summed E-state index contributed by atoms with van der Waals surface area (Å²) in [6.45, 7) is 26.4. The van der Waals surface area contributed by atoms with Gasteiger partial charge in [-0.15, -0.1) is 0 Å². The highest BCUT2D eigenvalue weighted by molar-refractivity contribution is 6.05. The van der Waals surface area contributed by atoms with Crippen molar-refractivity contribution in [2.75, 3.05) is 115 Å². The summed E-state index contributed by atoms with van der Waals surface area (Å²) in [6, 6.07) is 26.8. The molecule has 0 saturated heterocycles. The van der Waals surface area contributed by atoms with Gasteiger partial charge in [-0.05, 0) is 135 Å². The van der Waals surface area contributed by atoms with Crippen molar-refractivity contribution in [3.63, 3.8) is 0 Å². The third kappa shape index (κ3) is 32.9. The first-order valence-corrected chi connectivity index (χ1v) is 40.2. The Labute approximate surface area is 672 Å². The molecule has 113 heavy (non-hydrogen) atoms. The summed E-state index contributed by atoms with van der Waals surface area (Å²) in [5.41, 5.74) is 30.9. The highest BCUT2D eigenvalue weighted by Crippen LogP contribution is 2.17. The maximum absolute atomic E-state index is 5.94. The van der Waals surface area contributed by atoms with Gasteiger partial charge in [-0.25, -0.2) is 0 Å². The molecule has 0 spiro atoms. The number of hydrogen-bond donors (Lipinski definition) is 12. The van der Waals surface area contributed by atoms with Crippen molar-refractivity contribution in [3.05, 3.63) is 144 Å². The number of aromatic amines is 6. The van der Waals surface area contributed by atoms with Gasteiger partial charge in [0.05, 0.1) is 100 Å². The lowest BCUT2D eigenvalue weighted by molar-refractivity contribution is 0.490. The molecule has 6 aliphatic heterocycles. The summed E-state index contributed by atoms with van der Waals surface area (Å²) in [6.07, 6.45) is 21.7. The van der Waals surface area contributed by atoms with Crippen LogP contribution in [0.4, 0.5) is 0 Å². The maximum atomic E-state index is 5.94. The van der Waals surface area contributed by atoms with Crippen LogP contribution in [0.3, 0.4) is 0 Å². The number of H-pyrrole nitrogens is 6. The van der Waals surface area contributed by atoms with Gasteiger partial charge in [-0.1, -0.05) is 0 Å². The minimum Gasteiger partial charge on any atom is -0.387 e. The van der Waals surface area contributed by atoms with E-state index in [1.54, 1.807) is 0 Å². The van der Waals surface area contributed by atoms with Crippen LogP contribution >= 0.6 is 0 Å². The Morgan fingerprint density at radius 2 is 0.637 bits per heavy atom. The largest absolute Gasteiger partial charge is 0.387 e. The number of aliphatic imine (C=N–C) groups is 12. The lowest BCUT2D eigenvalue weighted by Crippen LogP contribution is -2.37. The zero-order valence-corrected chi connectivity index (χ0v) is 70.8. The molecule has 0 fully saturated rings. The number of rotatable bonds is 18. The fraction of sp³-hybridized carbons (Fsp3) is 0.566. The predicted octanol–water partition coefficient (Wildman–Crippen LogP) is 7.91. The van der Waals surface area contributed by atoms with Crippen molar-refractivity contribution in [2.45, 2.75) is 194 Å². The molecule has 30 heteroatoms. The standard InChI is InChI=1S/C16H27N5.C15H25N5.C14H23N5.2C13H21N5.C12H19N5/c1-12-13(2)19-16(11-15(18-12)20(3)4)21(5)10-8-14-7-6-9-17-14;1-12-11-17-14(19(2)3)10-15(18-12)20(4)9-7-13-6-5-8-16-13;1-10-11(2)18-14(9-13(15)17-10)19(3)8-6-12-5-4-7-16-12;1-10-9-16-12(14)8-13(17-10)18(2)7-5-11-4-3-6-15-11;1-9-10(2)18-13(8-12(14)17-9)16-7-5-11-4-3-6-15-11;1-9-8-16-11(13)7-12(17-9)15-6-4-10-3-2-5-14-10/h6-7,9,12-13,17H,8,10-11H2,1-5H3;5-6,8,12,16H,7,9-11H2,1-4H3;4-5,7,10-11,16H,6,8-9H2,1-3H3,(H2,15,17);3-4,6,10,15H,5,7-9H2,1-2H3,(H2,14,16);3-4,6,9-10,15H,5,7-8H2,1-2H3,(H2,14,17)(H,16,18);2-3,5,9,14H,4,6-8H2,1H3,(H2,13,16)(H,15,17). The SMILES string of the molecule is CC1CN=C(N(C)C)CC(N(C)CCc2ccc[nH]2)=N1.CC1CN=C(N)CC(=NCCc2ccc[nH]2)N1.CC1CN=C(N)CC(N(C)CCc2ccc[nH]2)=N1.CC1N=C(N(C)C)CC(N(C)CCc2ccc[nH]2)=NC1C.CC1N=C(N)CC(=NCCc2ccc[nH]2)NC1C.CC1N=C(N)CC(N(C)CCc2ccc[nH]2)=NC1C. The smallest absolute Gasteiger partial charge is 0.107 e. The molecule has 618 valence electrons. The van der Waals surface area contributed by atoms with Crippen LogP contribution < -0.4 is 33.6 Å². The van der Waals surface area contributed by atoms with E-state index in [2.05, 4.69) is 251 Å². The zero-order valence-electron chi connectivity index (χ0n) is 70.8. The average Bonchev–Trinajstić information content (AvgIpc) is 1.76. The summed E-state index contributed by atoms with van der Waals surface area (Å²) in [7, 11) is 16.6. The van der Waals surface area contributed by atoms with Gasteiger partial charge in [-0.3, -0.25) is 59.9 Å². The van der Waals surface area contributed by atoms with Crippen LogP contribution in [0.25, 0.3) is 0 Å². The summed E-state index contributed by atoms with van der Waals surface area (Å²) in [5, 5.41) is 6.72. The molecule has 0 saturated carbocycles. The van der Waals surface area contributed by atoms with E-state index in [1.807, 2.05) is 87.7 Å². The van der Waals surface area contributed by atoms with E-state index in [0.29, 0.717) is 61.6 Å². The monoisotopic (exact) mass is 1550 g/mol. The molecular weight excluding hydrogens is 1420 g/mol. The number of likely N-dealkylation sites (N-methyl/N-ethyl adjacent to an activating group) is 4. The molecule has 0 radical (unpaired) electrons. The van der Waals surface area contributed by atoms with Crippen LogP contribution in [0.1, 0.15) is 135 Å². The van der Waals surface area contributed by atoms with Crippen LogP contribution in [-0.4, -0.2) is 299 Å². The molecule has 9 atom stereocenters. The van der Waals surface area contributed by atoms with Crippen molar-refractivity contribution in [1.29, 1.82) is 0 Å².